The highest BCUT2D eigenvalue weighted by Crippen LogP contribution is 2.33. The molecule has 4 aromatic rings. The Morgan fingerprint density at radius 3 is 2.61 bits per heavy atom. The number of pyridine rings is 1. The van der Waals surface area contributed by atoms with E-state index in [1.165, 1.54) is 5.56 Å². The number of fused-ring (bicyclic) bond motifs is 1. The zero-order valence-electron chi connectivity index (χ0n) is 18.8. The maximum Gasteiger partial charge on any atom is 0.222 e. The molecule has 1 atom stereocenters. The van der Waals surface area contributed by atoms with Crippen LogP contribution in [-0.4, -0.2) is 27.9 Å². The number of ether oxygens (including phenoxy) is 1. The maximum absolute atomic E-state index is 9.18. The van der Waals surface area contributed by atoms with Gasteiger partial charge in [0.25, 0.3) is 0 Å². The van der Waals surface area contributed by atoms with Gasteiger partial charge in [-0.3, -0.25) is 4.68 Å². The molecule has 6 heteroatoms. The molecule has 6 nitrogen and oxygen atoms in total. The van der Waals surface area contributed by atoms with Gasteiger partial charge in [0.2, 0.25) is 5.88 Å². The second-order valence-corrected chi connectivity index (χ2v) is 8.58. The van der Waals surface area contributed by atoms with Crippen LogP contribution in [0.15, 0.2) is 60.8 Å². The summed E-state index contributed by atoms with van der Waals surface area (Å²) < 4.78 is 8.29. The van der Waals surface area contributed by atoms with Gasteiger partial charge < -0.3 is 10.1 Å². The minimum Gasteiger partial charge on any atom is -0.472 e. The third-order valence-electron chi connectivity index (χ3n) is 6.32. The quantitative estimate of drug-likeness (QED) is 0.453. The summed E-state index contributed by atoms with van der Waals surface area (Å²) in [5, 5.41) is 17.2. The van der Waals surface area contributed by atoms with E-state index in [0.29, 0.717) is 24.0 Å². The minimum atomic E-state index is 0.438. The van der Waals surface area contributed by atoms with Crippen LogP contribution < -0.4 is 10.1 Å². The summed E-state index contributed by atoms with van der Waals surface area (Å²) in [5.74, 6) is 1.15. The van der Waals surface area contributed by atoms with Crippen LogP contribution in [0.2, 0.25) is 0 Å². The summed E-state index contributed by atoms with van der Waals surface area (Å²) in [7, 11) is 0. The predicted molar refractivity (Wildman–Crippen MR) is 129 cm³/mol. The van der Waals surface area contributed by atoms with Crippen molar-refractivity contribution in [3.63, 3.8) is 0 Å². The topological polar surface area (TPSA) is 75.8 Å². The third-order valence-corrected chi connectivity index (χ3v) is 6.32. The smallest absolute Gasteiger partial charge is 0.222 e. The van der Waals surface area contributed by atoms with Gasteiger partial charge in [-0.25, -0.2) is 4.98 Å². The van der Waals surface area contributed by atoms with Crippen molar-refractivity contribution in [2.45, 2.75) is 32.9 Å². The lowest BCUT2D eigenvalue weighted by Crippen LogP contribution is -2.15. The first-order valence-corrected chi connectivity index (χ1v) is 11.5. The zero-order valence-corrected chi connectivity index (χ0v) is 18.8. The van der Waals surface area contributed by atoms with Crippen molar-refractivity contribution < 1.29 is 4.74 Å². The van der Waals surface area contributed by atoms with Gasteiger partial charge in [0.15, 0.2) is 0 Å². The molecular formula is C27H27N5O. The molecule has 2 aromatic carbocycles. The van der Waals surface area contributed by atoms with E-state index >= 15 is 0 Å². The van der Waals surface area contributed by atoms with Crippen LogP contribution in [0.5, 0.6) is 5.88 Å². The Hall–Kier alpha value is -3.69. The summed E-state index contributed by atoms with van der Waals surface area (Å²) in [4.78, 5) is 4.85. The number of hydrogen-bond acceptors (Lipinski definition) is 5. The van der Waals surface area contributed by atoms with Crippen LogP contribution in [0.3, 0.4) is 0 Å². The lowest BCUT2D eigenvalue weighted by atomic mass is 10.0. The Kier molecular flexibility index (Phi) is 6.05. The predicted octanol–water partition coefficient (Wildman–Crippen LogP) is 4.72. The summed E-state index contributed by atoms with van der Waals surface area (Å²) in [6, 6.07) is 20.3. The second-order valence-electron chi connectivity index (χ2n) is 8.58. The van der Waals surface area contributed by atoms with Gasteiger partial charge >= 0.3 is 0 Å². The first kappa shape index (κ1) is 21.2. The molecule has 1 saturated heterocycles. The van der Waals surface area contributed by atoms with E-state index in [0.717, 1.165) is 60.2 Å². The highest BCUT2D eigenvalue weighted by molar-refractivity contribution is 5.83. The van der Waals surface area contributed by atoms with E-state index in [9.17, 15) is 5.26 Å². The molecule has 5 rings (SSSR count). The van der Waals surface area contributed by atoms with Crippen molar-refractivity contribution in [1.82, 2.24) is 20.1 Å². The van der Waals surface area contributed by atoms with Crippen molar-refractivity contribution in [1.29, 1.82) is 5.26 Å². The van der Waals surface area contributed by atoms with E-state index in [1.807, 2.05) is 30.5 Å². The largest absolute Gasteiger partial charge is 0.472 e. The number of aromatic nitrogens is 3. The van der Waals surface area contributed by atoms with Gasteiger partial charge in [-0.05, 0) is 66.7 Å². The number of benzene rings is 2. The summed E-state index contributed by atoms with van der Waals surface area (Å²) in [5.41, 5.74) is 6.74. The van der Waals surface area contributed by atoms with Gasteiger partial charge in [-0.2, -0.15) is 10.4 Å². The molecule has 1 fully saturated rings. The van der Waals surface area contributed by atoms with Crippen molar-refractivity contribution in [3.8, 4) is 23.1 Å². The fraction of sp³-hybridized carbons (Fsp3) is 0.296. The highest BCUT2D eigenvalue weighted by atomic mass is 16.5. The van der Waals surface area contributed by atoms with Gasteiger partial charge in [0, 0.05) is 12.1 Å². The van der Waals surface area contributed by atoms with E-state index in [1.54, 1.807) is 0 Å². The summed E-state index contributed by atoms with van der Waals surface area (Å²) in [6.07, 6.45) is 4.00. The van der Waals surface area contributed by atoms with E-state index in [4.69, 9.17) is 9.72 Å². The number of aryl methyl sites for hydroxylation is 1. The van der Waals surface area contributed by atoms with Gasteiger partial charge in [-0.1, -0.05) is 43.3 Å². The van der Waals surface area contributed by atoms with Gasteiger partial charge in [0.05, 0.1) is 23.3 Å². The normalized spacial score (nSPS) is 15.6. The monoisotopic (exact) mass is 437 g/mol. The zero-order chi connectivity index (χ0) is 22.6. The highest BCUT2D eigenvalue weighted by Gasteiger charge is 2.19. The molecule has 0 spiro atoms. The standard InChI is InChI=1S/C27H27N5O/c1-2-19-3-5-21(6-4-19)18-33-27-24(23-9-7-20(14-28)8-10-23)13-26-25(31-27)16-30-32(26)17-22-11-12-29-15-22/h3-10,13,16,22,29H,2,11-12,15,17-18H2,1H3/t22-/m0/s1. The molecule has 0 radical (unpaired) electrons. The number of nitrogens with zero attached hydrogens (tertiary/aromatic N) is 4. The van der Waals surface area contributed by atoms with Crippen LogP contribution in [0.1, 0.15) is 30.0 Å². The molecule has 0 saturated carbocycles. The Morgan fingerprint density at radius 2 is 1.91 bits per heavy atom. The second kappa shape index (κ2) is 9.43. The van der Waals surface area contributed by atoms with Gasteiger partial charge in [0.1, 0.15) is 12.1 Å². The first-order chi connectivity index (χ1) is 16.2. The molecule has 1 aliphatic rings. The lowest BCUT2D eigenvalue weighted by molar-refractivity contribution is 0.296. The van der Waals surface area contributed by atoms with Crippen molar-refractivity contribution in [2.24, 2.45) is 5.92 Å². The van der Waals surface area contributed by atoms with Crippen LogP contribution in [0, 0.1) is 17.2 Å². The van der Waals surface area contributed by atoms with Crippen molar-refractivity contribution in [3.05, 3.63) is 77.5 Å². The molecule has 0 bridgehead atoms. The molecule has 1 N–H and O–H groups in total. The number of nitrogens with one attached hydrogen (secondary N) is 1. The molecule has 33 heavy (non-hydrogen) atoms. The van der Waals surface area contributed by atoms with Crippen LogP contribution in [-0.2, 0) is 19.6 Å². The third kappa shape index (κ3) is 4.59. The number of hydrogen-bond donors (Lipinski definition) is 1. The molecule has 0 amide bonds. The van der Waals surface area contributed by atoms with E-state index < -0.39 is 0 Å². The summed E-state index contributed by atoms with van der Waals surface area (Å²) in [6.45, 7) is 5.55. The van der Waals surface area contributed by atoms with Crippen LogP contribution in [0.4, 0.5) is 0 Å². The maximum atomic E-state index is 9.18. The number of nitriles is 1. The molecule has 2 aromatic heterocycles. The van der Waals surface area contributed by atoms with Crippen LogP contribution in [0.25, 0.3) is 22.2 Å². The Labute approximate surface area is 193 Å². The first-order valence-electron chi connectivity index (χ1n) is 11.5. The van der Waals surface area contributed by atoms with E-state index in [-0.39, 0.29) is 0 Å². The molecule has 166 valence electrons. The SMILES string of the molecule is CCc1ccc(COc2nc3cnn(C[C@H]4CCNC4)c3cc2-c2ccc(C#N)cc2)cc1. The molecule has 3 heterocycles. The van der Waals surface area contributed by atoms with Crippen molar-refractivity contribution >= 4 is 11.0 Å². The Bertz CT molecular complexity index is 1280. The molecular weight excluding hydrogens is 410 g/mol. The Balaban J connectivity index is 1.50. The molecule has 1 aliphatic heterocycles. The average molecular weight is 438 g/mol. The van der Waals surface area contributed by atoms with Crippen molar-refractivity contribution in [2.75, 3.05) is 13.1 Å². The summed E-state index contributed by atoms with van der Waals surface area (Å²) >= 11 is 0. The van der Waals surface area contributed by atoms with Crippen LogP contribution >= 0.6 is 0 Å². The average Bonchev–Trinajstić information content (AvgIpc) is 3.53. The minimum absolute atomic E-state index is 0.438. The number of rotatable bonds is 7. The Morgan fingerprint density at radius 1 is 1.12 bits per heavy atom. The fourth-order valence-electron chi connectivity index (χ4n) is 4.31. The van der Waals surface area contributed by atoms with E-state index in [2.05, 4.69) is 58.4 Å². The fourth-order valence-corrected chi connectivity index (χ4v) is 4.31. The molecule has 0 aliphatic carbocycles. The molecule has 0 unspecified atom stereocenters. The lowest BCUT2D eigenvalue weighted by Gasteiger charge is -2.13. The van der Waals surface area contributed by atoms with Gasteiger partial charge in [-0.15, -0.1) is 0 Å².